The summed E-state index contributed by atoms with van der Waals surface area (Å²) in [6.07, 6.45) is -1.65. The van der Waals surface area contributed by atoms with E-state index in [4.69, 9.17) is 9.47 Å². The van der Waals surface area contributed by atoms with Crippen molar-refractivity contribution in [3.63, 3.8) is 0 Å². The van der Waals surface area contributed by atoms with E-state index in [2.05, 4.69) is 10.1 Å². The number of carbonyl (C=O) groups excluding carboxylic acids is 2. The quantitative estimate of drug-likeness (QED) is 0.915. The van der Waals surface area contributed by atoms with E-state index in [1.807, 2.05) is 12.1 Å². The normalized spacial score (nSPS) is 18.0. The van der Waals surface area contributed by atoms with E-state index in [0.717, 1.165) is 0 Å². The molecule has 0 spiro atoms. The Morgan fingerprint density at radius 2 is 1.65 bits per heavy atom. The first-order valence-corrected chi connectivity index (χ1v) is 8.14. The van der Waals surface area contributed by atoms with Crippen molar-refractivity contribution in [2.24, 2.45) is 0 Å². The van der Waals surface area contributed by atoms with Gasteiger partial charge in [-0.25, -0.2) is 4.79 Å². The van der Waals surface area contributed by atoms with Gasteiger partial charge in [-0.05, 0) is 43.3 Å². The summed E-state index contributed by atoms with van der Waals surface area (Å²) in [6.45, 7) is 1.79. The highest BCUT2D eigenvalue weighted by molar-refractivity contribution is 5.95. The van der Waals surface area contributed by atoms with Crippen molar-refractivity contribution in [3.05, 3.63) is 48.5 Å². The highest BCUT2D eigenvalue weighted by Crippen LogP contribution is 2.33. The maximum Gasteiger partial charge on any atom is 0.413 e. The number of hydrogen-bond acceptors (Lipinski definition) is 5. The van der Waals surface area contributed by atoms with Gasteiger partial charge in [-0.3, -0.25) is 9.69 Å². The lowest BCUT2D eigenvalue weighted by atomic mass is 10.1. The maximum atomic E-state index is 12.6. The highest BCUT2D eigenvalue weighted by atomic mass is 16.6. The summed E-state index contributed by atoms with van der Waals surface area (Å²) in [5, 5.41) is 2.80. The number of benzene rings is 2. The van der Waals surface area contributed by atoms with Gasteiger partial charge in [0.1, 0.15) is 6.10 Å². The third-order valence-electron chi connectivity index (χ3n) is 4.07. The molecular formula is C19H20N2O5. The zero-order valence-corrected chi connectivity index (χ0v) is 14.8. The van der Waals surface area contributed by atoms with Crippen LogP contribution in [0.15, 0.2) is 48.5 Å². The van der Waals surface area contributed by atoms with Gasteiger partial charge in [-0.2, -0.15) is 0 Å². The molecule has 1 heterocycles. The molecule has 2 atom stereocenters. The van der Waals surface area contributed by atoms with Crippen molar-refractivity contribution in [3.8, 4) is 11.5 Å². The molecule has 0 aromatic heterocycles. The predicted octanol–water partition coefficient (Wildman–Crippen LogP) is 3.06. The Morgan fingerprint density at radius 1 is 1.04 bits per heavy atom. The Balaban J connectivity index is 1.67. The third-order valence-corrected chi connectivity index (χ3v) is 4.07. The largest absolute Gasteiger partial charge is 0.482 e. The van der Waals surface area contributed by atoms with Crippen LogP contribution in [0.5, 0.6) is 11.5 Å². The van der Waals surface area contributed by atoms with E-state index in [-0.39, 0.29) is 5.91 Å². The SMILES string of the molecule is COC(=O)N(C)c1ccc(NC(=O)[C@@H]2Oc3ccccc3O[C@@H]2C)cc1. The van der Waals surface area contributed by atoms with Crippen molar-refractivity contribution in [2.45, 2.75) is 19.1 Å². The average Bonchev–Trinajstić information content (AvgIpc) is 2.66. The number of hydrogen-bond donors (Lipinski definition) is 1. The lowest BCUT2D eigenvalue weighted by Crippen LogP contribution is -2.46. The summed E-state index contributed by atoms with van der Waals surface area (Å²) >= 11 is 0. The van der Waals surface area contributed by atoms with Crippen LogP contribution in [0, 0.1) is 0 Å². The van der Waals surface area contributed by atoms with E-state index in [9.17, 15) is 9.59 Å². The van der Waals surface area contributed by atoms with Crippen LogP contribution in [0.4, 0.5) is 16.2 Å². The van der Waals surface area contributed by atoms with E-state index < -0.39 is 18.3 Å². The number of carbonyl (C=O) groups is 2. The molecule has 2 aromatic carbocycles. The number of ether oxygens (including phenoxy) is 3. The van der Waals surface area contributed by atoms with Crippen LogP contribution in [-0.4, -0.2) is 38.4 Å². The number of amides is 2. The number of nitrogens with zero attached hydrogens (tertiary/aromatic N) is 1. The number of methoxy groups -OCH3 is 1. The van der Waals surface area contributed by atoms with Crippen LogP contribution >= 0.6 is 0 Å². The van der Waals surface area contributed by atoms with Gasteiger partial charge >= 0.3 is 6.09 Å². The number of rotatable bonds is 3. The van der Waals surface area contributed by atoms with Gasteiger partial charge in [0.05, 0.1) is 7.11 Å². The van der Waals surface area contributed by atoms with Crippen LogP contribution in [-0.2, 0) is 9.53 Å². The lowest BCUT2D eigenvalue weighted by Gasteiger charge is -2.31. The van der Waals surface area contributed by atoms with Gasteiger partial charge in [0.2, 0.25) is 6.10 Å². The summed E-state index contributed by atoms with van der Waals surface area (Å²) in [7, 11) is 2.92. The van der Waals surface area contributed by atoms with Gasteiger partial charge in [0.25, 0.3) is 5.91 Å². The molecule has 2 amide bonds. The summed E-state index contributed by atoms with van der Waals surface area (Å²) < 4.78 is 16.2. The first kappa shape index (κ1) is 17.6. The van der Waals surface area contributed by atoms with Gasteiger partial charge in [-0.1, -0.05) is 12.1 Å². The lowest BCUT2D eigenvalue weighted by molar-refractivity contribution is -0.128. The number of anilines is 2. The fourth-order valence-electron chi connectivity index (χ4n) is 2.63. The van der Waals surface area contributed by atoms with Crippen LogP contribution in [0.25, 0.3) is 0 Å². The molecule has 7 nitrogen and oxygen atoms in total. The van der Waals surface area contributed by atoms with Crippen molar-refractivity contribution in [1.82, 2.24) is 0 Å². The second-order valence-corrected chi connectivity index (χ2v) is 5.87. The van der Waals surface area contributed by atoms with Gasteiger partial charge in [-0.15, -0.1) is 0 Å². The number of nitrogens with one attached hydrogen (secondary N) is 1. The molecule has 7 heteroatoms. The molecule has 0 saturated carbocycles. The van der Waals surface area contributed by atoms with Crippen molar-refractivity contribution in [1.29, 1.82) is 0 Å². The Kier molecular flexibility index (Phi) is 4.97. The zero-order valence-electron chi connectivity index (χ0n) is 14.8. The highest BCUT2D eigenvalue weighted by Gasteiger charge is 2.34. The molecule has 136 valence electrons. The standard InChI is InChI=1S/C19H20N2O5/c1-12-17(26-16-7-5-4-6-15(16)25-12)18(22)20-13-8-10-14(11-9-13)21(2)19(23)24-3/h4-12,17H,1-3H3,(H,20,22)/t12-,17-/m1/s1. The van der Waals surface area contributed by atoms with Gasteiger partial charge in [0, 0.05) is 18.4 Å². The monoisotopic (exact) mass is 356 g/mol. The Hall–Kier alpha value is -3.22. The molecule has 1 aliphatic heterocycles. The minimum Gasteiger partial charge on any atom is -0.482 e. The van der Waals surface area contributed by atoms with Crippen molar-refractivity contribution < 1.29 is 23.8 Å². The number of fused-ring (bicyclic) bond motifs is 1. The fraction of sp³-hybridized carbons (Fsp3) is 0.263. The number of para-hydroxylation sites is 2. The molecule has 0 unspecified atom stereocenters. The van der Waals surface area contributed by atoms with Crippen molar-refractivity contribution in [2.75, 3.05) is 24.4 Å². The molecule has 0 aliphatic carbocycles. The molecule has 0 bridgehead atoms. The minimum absolute atomic E-state index is 0.305. The van der Waals surface area contributed by atoms with Crippen LogP contribution in [0.3, 0.4) is 0 Å². The maximum absolute atomic E-state index is 12.6. The molecule has 0 radical (unpaired) electrons. The van der Waals surface area contributed by atoms with Crippen molar-refractivity contribution >= 4 is 23.4 Å². The molecule has 2 aromatic rings. The third kappa shape index (κ3) is 3.56. The minimum atomic E-state index is -0.762. The first-order valence-electron chi connectivity index (χ1n) is 8.14. The van der Waals surface area contributed by atoms with Gasteiger partial charge < -0.3 is 19.5 Å². The molecule has 0 fully saturated rings. The summed E-state index contributed by atoms with van der Waals surface area (Å²) in [4.78, 5) is 25.4. The molecular weight excluding hydrogens is 336 g/mol. The second-order valence-electron chi connectivity index (χ2n) is 5.87. The zero-order chi connectivity index (χ0) is 18.7. The fourth-order valence-corrected chi connectivity index (χ4v) is 2.63. The predicted molar refractivity (Wildman–Crippen MR) is 96.8 cm³/mol. The van der Waals surface area contributed by atoms with E-state index in [1.54, 1.807) is 50.4 Å². The molecule has 1 N–H and O–H groups in total. The second kappa shape index (κ2) is 7.35. The van der Waals surface area contributed by atoms with Crippen LogP contribution < -0.4 is 19.7 Å². The topological polar surface area (TPSA) is 77.1 Å². The Morgan fingerprint density at radius 3 is 2.27 bits per heavy atom. The first-order chi connectivity index (χ1) is 12.5. The molecule has 1 aliphatic rings. The molecule has 0 saturated heterocycles. The van der Waals surface area contributed by atoms with Gasteiger partial charge in [0.15, 0.2) is 11.5 Å². The summed E-state index contributed by atoms with van der Waals surface area (Å²) in [6, 6.07) is 14.1. The van der Waals surface area contributed by atoms with E-state index >= 15 is 0 Å². The molecule has 26 heavy (non-hydrogen) atoms. The Labute approximate surface area is 151 Å². The van der Waals surface area contributed by atoms with E-state index in [0.29, 0.717) is 22.9 Å². The molecule has 3 rings (SSSR count). The Bertz CT molecular complexity index is 806. The summed E-state index contributed by atoms with van der Waals surface area (Å²) in [5.74, 6) is 0.862. The van der Waals surface area contributed by atoms with Crippen LogP contribution in [0.2, 0.25) is 0 Å². The smallest absolute Gasteiger partial charge is 0.413 e. The van der Waals surface area contributed by atoms with E-state index in [1.165, 1.54) is 12.0 Å². The average molecular weight is 356 g/mol. The van der Waals surface area contributed by atoms with Crippen LogP contribution in [0.1, 0.15) is 6.92 Å². The summed E-state index contributed by atoms with van der Waals surface area (Å²) in [5.41, 5.74) is 1.24.